The molecule has 54 heavy (non-hydrogen) atoms. The van der Waals surface area contributed by atoms with E-state index in [4.69, 9.17) is 23.6 Å². The first-order valence-corrected chi connectivity index (χ1v) is 22.4. The third kappa shape index (κ3) is 39.6. The average Bonchev–Trinajstić information content (AvgIpc) is 3.16. The SMILES string of the molecule is CC/C=C\C/C=C\C/C=C\C/C=C\CCCOCC(COP(=O)(O)OCC(O)CO)OC(=O)CCCCCCCCCCC/C=C\C/C=C\CCCCC. The molecule has 0 spiro atoms. The van der Waals surface area contributed by atoms with E-state index in [9.17, 15) is 19.4 Å². The van der Waals surface area contributed by atoms with Gasteiger partial charge in [-0.05, 0) is 77.0 Å². The molecule has 3 unspecified atom stereocenters. The largest absolute Gasteiger partial charge is 0.472 e. The lowest BCUT2D eigenvalue weighted by atomic mass is 10.1. The summed E-state index contributed by atoms with van der Waals surface area (Å²) in [5, 5.41) is 18.3. The van der Waals surface area contributed by atoms with Gasteiger partial charge in [0.05, 0.1) is 26.4 Å². The van der Waals surface area contributed by atoms with Gasteiger partial charge in [0.2, 0.25) is 0 Å². The number of hydrogen-bond acceptors (Lipinski definition) is 8. The van der Waals surface area contributed by atoms with Crippen molar-refractivity contribution in [1.29, 1.82) is 0 Å². The van der Waals surface area contributed by atoms with Gasteiger partial charge in [0.25, 0.3) is 0 Å². The predicted octanol–water partition coefficient (Wildman–Crippen LogP) is 11.4. The molecule has 0 aliphatic heterocycles. The van der Waals surface area contributed by atoms with Crippen LogP contribution in [0.5, 0.6) is 0 Å². The summed E-state index contributed by atoms with van der Waals surface area (Å²) in [4.78, 5) is 22.5. The van der Waals surface area contributed by atoms with Crippen molar-refractivity contribution in [2.75, 3.05) is 33.0 Å². The number of rotatable bonds is 39. The number of carbonyl (C=O) groups excluding carboxylic acids is 1. The molecule has 0 fully saturated rings. The van der Waals surface area contributed by atoms with E-state index in [1.807, 2.05) is 0 Å². The Morgan fingerprint density at radius 3 is 1.59 bits per heavy atom. The first kappa shape index (κ1) is 51.9. The number of phosphoric acid groups is 1. The van der Waals surface area contributed by atoms with E-state index in [1.54, 1.807) is 0 Å². The summed E-state index contributed by atoms with van der Waals surface area (Å²) in [5.74, 6) is -0.409. The fourth-order valence-electron chi connectivity index (χ4n) is 5.21. The number of unbranched alkanes of at least 4 members (excludes halogenated alkanes) is 13. The van der Waals surface area contributed by atoms with Crippen LogP contribution in [0.3, 0.4) is 0 Å². The van der Waals surface area contributed by atoms with Crippen LogP contribution in [0.4, 0.5) is 0 Å². The number of aliphatic hydroxyl groups excluding tert-OH is 2. The number of allylic oxidation sites excluding steroid dienone is 12. The van der Waals surface area contributed by atoms with Crippen LogP contribution in [0, 0.1) is 0 Å². The molecule has 10 heteroatoms. The van der Waals surface area contributed by atoms with Gasteiger partial charge in [0, 0.05) is 13.0 Å². The minimum absolute atomic E-state index is 0.00599. The van der Waals surface area contributed by atoms with Gasteiger partial charge >= 0.3 is 13.8 Å². The standard InChI is InChI=1S/C44H77O9P/c1-3-5-7-9-11-13-15-17-19-20-21-22-23-24-26-28-30-32-34-36-44(47)53-43(41-52-54(48,49)51-39-42(46)38-45)40-50-37-35-33-31-29-27-25-18-16-14-12-10-8-6-4-2/h6,8,11-14,17-19,25,29,31,42-43,45-46H,3-5,7,9-10,15-16,20-24,26-28,30,32-41H2,1-2H3,(H,48,49)/b8-6-,13-11-,14-12-,19-17-,25-18-,31-29-. The second-order valence-corrected chi connectivity index (χ2v) is 15.1. The highest BCUT2D eigenvalue weighted by Gasteiger charge is 2.26. The Bertz CT molecular complexity index is 1070. The van der Waals surface area contributed by atoms with Gasteiger partial charge in [-0.25, -0.2) is 4.57 Å². The normalized spacial score (nSPS) is 14.8. The Morgan fingerprint density at radius 1 is 0.593 bits per heavy atom. The van der Waals surface area contributed by atoms with Crippen molar-refractivity contribution < 1.29 is 43.0 Å². The lowest BCUT2D eigenvalue weighted by molar-refractivity contribution is -0.154. The molecule has 3 atom stereocenters. The summed E-state index contributed by atoms with van der Waals surface area (Å²) in [7, 11) is -4.53. The average molecular weight is 781 g/mol. The molecular weight excluding hydrogens is 703 g/mol. The van der Waals surface area contributed by atoms with Crippen molar-refractivity contribution in [2.24, 2.45) is 0 Å². The van der Waals surface area contributed by atoms with Crippen LogP contribution >= 0.6 is 7.82 Å². The first-order valence-electron chi connectivity index (χ1n) is 20.9. The van der Waals surface area contributed by atoms with Crippen molar-refractivity contribution in [3.8, 4) is 0 Å². The fraction of sp³-hybridized carbons (Fsp3) is 0.705. The molecule has 0 aromatic rings. The Kier molecular flexibility index (Phi) is 39.0. The van der Waals surface area contributed by atoms with Crippen LogP contribution < -0.4 is 0 Å². The van der Waals surface area contributed by atoms with E-state index >= 15 is 0 Å². The monoisotopic (exact) mass is 781 g/mol. The van der Waals surface area contributed by atoms with Crippen LogP contribution in [0.15, 0.2) is 72.9 Å². The van der Waals surface area contributed by atoms with Gasteiger partial charge in [-0.2, -0.15) is 0 Å². The van der Waals surface area contributed by atoms with E-state index in [-0.39, 0.29) is 13.0 Å². The Labute approximate surface area is 329 Å². The maximum absolute atomic E-state index is 12.6. The number of phosphoric ester groups is 1. The topological polar surface area (TPSA) is 132 Å². The summed E-state index contributed by atoms with van der Waals surface area (Å²) in [5.41, 5.74) is 0. The molecule has 0 aliphatic carbocycles. The smallest absolute Gasteiger partial charge is 0.457 e. The molecular formula is C44H77O9P. The molecule has 9 nitrogen and oxygen atoms in total. The zero-order valence-electron chi connectivity index (χ0n) is 33.9. The molecule has 0 amide bonds. The third-order valence-corrected chi connectivity index (χ3v) is 9.33. The molecule has 0 saturated heterocycles. The quantitative estimate of drug-likeness (QED) is 0.0241. The van der Waals surface area contributed by atoms with Gasteiger partial charge in [-0.1, -0.05) is 145 Å². The molecule has 0 rings (SSSR count). The van der Waals surface area contributed by atoms with Crippen LogP contribution in [-0.4, -0.2) is 66.3 Å². The Balaban J connectivity index is 4.26. The van der Waals surface area contributed by atoms with Crippen LogP contribution in [0.2, 0.25) is 0 Å². The first-order chi connectivity index (χ1) is 26.3. The zero-order valence-corrected chi connectivity index (χ0v) is 34.8. The minimum atomic E-state index is -4.53. The molecule has 0 radical (unpaired) electrons. The van der Waals surface area contributed by atoms with E-state index in [1.165, 1.54) is 57.8 Å². The predicted molar refractivity (Wildman–Crippen MR) is 223 cm³/mol. The van der Waals surface area contributed by atoms with Crippen molar-refractivity contribution in [1.82, 2.24) is 0 Å². The van der Waals surface area contributed by atoms with Gasteiger partial charge < -0.3 is 24.6 Å². The summed E-state index contributed by atoms with van der Waals surface area (Å²) < 4.78 is 33.2. The van der Waals surface area contributed by atoms with Gasteiger partial charge in [0.15, 0.2) is 0 Å². The summed E-state index contributed by atoms with van der Waals surface area (Å²) >= 11 is 0. The maximum Gasteiger partial charge on any atom is 0.472 e. The number of carbonyl (C=O) groups is 1. The molecule has 312 valence electrons. The van der Waals surface area contributed by atoms with Crippen LogP contribution in [-0.2, 0) is 27.9 Å². The minimum Gasteiger partial charge on any atom is -0.457 e. The number of ether oxygens (including phenoxy) is 2. The molecule has 0 aromatic heterocycles. The Hall–Kier alpha value is -2.10. The second-order valence-electron chi connectivity index (χ2n) is 13.6. The summed E-state index contributed by atoms with van der Waals surface area (Å²) in [6.07, 6.45) is 47.3. The highest BCUT2D eigenvalue weighted by molar-refractivity contribution is 7.47. The highest BCUT2D eigenvalue weighted by Crippen LogP contribution is 2.43. The fourth-order valence-corrected chi connectivity index (χ4v) is 6.00. The summed E-state index contributed by atoms with van der Waals surface area (Å²) in [6, 6.07) is 0. The lowest BCUT2D eigenvalue weighted by Gasteiger charge is -2.20. The summed E-state index contributed by atoms with van der Waals surface area (Å²) in [6.45, 7) is 3.20. The number of hydrogen-bond donors (Lipinski definition) is 3. The second kappa shape index (κ2) is 40.6. The third-order valence-electron chi connectivity index (χ3n) is 8.38. The van der Waals surface area contributed by atoms with Gasteiger partial charge in [-0.15, -0.1) is 0 Å². The van der Waals surface area contributed by atoms with Gasteiger partial charge in [0.1, 0.15) is 12.2 Å². The van der Waals surface area contributed by atoms with E-state index < -0.39 is 45.8 Å². The van der Waals surface area contributed by atoms with E-state index in [0.29, 0.717) is 13.0 Å². The molecule has 0 aliphatic rings. The van der Waals surface area contributed by atoms with E-state index in [0.717, 1.165) is 70.6 Å². The highest BCUT2D eigenvalue weighted by atomic mass is 31.2. The van der Waals surface area contributed by atoms with Crippen molar-refractivity contribution >= 4 is 13.8 Å². The molecule has 0 aromatic carbocycles. The maximum atomic E-state index is 12.6. The molecule has 0 bridgehead atoms. The molecule has 0 heterocycles. The van der Waals surface area contributed by atoms with Crippen LogP contribution in [0.25, 0.3) is 0 Å². The number of esters is 1. The zero-order chi connectivity index (χ0) is 39.6. The molecule has 0 saturated carbocycles. The molecule has 3 N–H and O–H groups in total. The lowest BCUT2D eigenvalue weighted by Crippen LogP contribution is -2.29. The van der Waals surface area contributed by atoms with E-state index in [2.05, 4.69) is 86.8 Å². The van der Waals surface area contributed by atoms with Crippen molar-refractivity contribution in [2.45, 2.75) is 167 Å². The van der Waals surface area contributed by atoms with Gasteiger partial charge in [-0.3, -0.25) is 13.8 Å². The van der Waals surface area contributed by atoms with Crippen molar-refractivity contribution in [3.63, 3.8) is 0 Å². The Morgan fingerprint density at radius 2 is 1.06 bits per heavy atom. The number of aliphatic hydroxyl groups is 2. The van der Waals surface area contributed by atoms with Crippen LogP contribution in [0.1, 0.15) is 155 Å². The van der Waals surface area contributed by atoms with Crippen molar-refractivity contribution in [3.05, 3.63) is 72.9 Å².